The van der Waals surface area contributed by atoms with E-state index in [1.807, 2.05) is 0 Å². The Balaban J connectivity index is 1.85. The molecule has 2 atom stereocenters. The smallest absolute Gasteiger partial charge is 0.0779 e. The van der Waals surface area contributed by atoms with Crippen LogP contribution < -0.4 is 16.0 Å². The number of rotatable bonds is 1. The second-order valence-electron chi connectivity index (χ2n) is 5.94. The summed E-state index contributed by atoms with van der Waals surface area (Å²) in [6.45, 7) is 2.03. The van der Waals surface area contributed by atoms with Crippen molar-refractivity contribution < 1.29 is 0 Å². The summed E-state index contributed by atoms with van der Waals surface area (Å²) in [5.41, 5.74) is 12.0. The van der Waals surface area contributed by atoms with Crippen molar-refractivity contribution in [3.05, 3.63) is 65.4 Å². The number of fused-ring (bicyclic) bond motifs is 2. The Morgan fingerprint density at radius 1 is 1.19 bits per heavy atom. The van der Waals surface area contributed by atoms with Crippen molar-refractivity contribution in [2.24, 2.45) is 5.73 Å². The van der Waals surface area contributed by atoms with Gasteiger partial charge in [-0.05, 0) is 42.7 Å². The number of nitrogens with zero attached hydrogens (tertiary/aromatic N) is 1. The number of anilines is 1. The molecule has 3 heteroatoms. The zero-order valence-electron chi connectivity index (χ0n) is 12.1. The van der Waals surface area contributed by atoms with Crippen molar-refractivity contribution in [1.82, 2.24) is 5.32 Å². The van der Waals surface area contributed by atoms with E-state index in [4.69, 9.17) is 5.73 Å². The highest BCUT2D eigenvalue weighted by molar-refractivity contribution is 5.67. The van der Waals surface area contributed by atoms with E-state index >= 15 is 0 Å². The summed E-state index contributed by atoms with van der Waals surface area (Å²) in [6, 6.07) is 10.9. The third-order valence-electron chi connectivity index (χ3n) is 4.67. The lowest BCUT2D eigenvalue weighted by Gasteiger charge is -2.34. The van der Waals surface area contributed by atoms with E-state index in [-0.39, 0.29) is 12.1 Å². The van der Waals surface area contributed by atoms with Crippen molar-refractivity contribution in [2.75, 3.05) is 18.0 Å². The molecule has 0 fully saturated rings. The van der Waals surface area contributed by atoms with Gasteiger partial charge in [0, 0.05) is 24.0 Å². The Bertz CT molecular complexity index is 627. The first-order valence-electron chi connectivity index (χ1n) is 7.77. The molecule has 3 nitrogen and oxygen atoms in total. The van der Waals surface area contributed by atoms with Gasteiger partial charge in [-0.2, -0.15) is 0 Å². The normalized spacial score (nSPS) is 28.0. The van der Waals surface area contributed by atoms with E-state index in [9.17, 15) is 0 Å². The second kappa shape index (κ2) is 5.17. The summed E-state index contributed by atoms with van der Waals surface area (Å²) in [7, 11) is 0. The molecule has 2 unspecified atom stereocenters. The summed E-state index contributed by atoms with van der Waals surface area (Å²) >= 11 is 0. The van der Waals surface area contributed by atoms with Crippen LogP contribution in [0.15, 0.2) is 65.4 Å². The summed E-state index contributed by atoms with van der Waals surface area (Å²) in [5.74, 6) is 0. The van der Waals surface area contributed by atoms with Crippen LogP contribution in [0.25, 0.3) is 0 Å². The number of hydrogen-bond acceptors (Lipinski definition) is 3. The summed E-state index contributed by atoms with van der Waals surface area (Å²) in [4.78, 5) is 2.45. The zero-order chi connectivity index (χ0) is 14.2. The molecule has 1 aromatic rings. The molecule has 4 rings (SSSR count). The molecule has 108 valence electrons. The number of hydrogen-bond donors (Lipinski definition) is 2. The van der Waals surface area contributed by atoms with Gasteiger partial charge in [-0.25, -0.2) is 0 Å². The van der Waals surface area contributed by atoms with Crippen LogP contribution in [0.2, 0.25) is 0 Å². The fourth-order valence-electron chi connectivity index (χ4n) is 3.75. The summed E-state index contributed by atoms with van der Waals surface area (Å²) in [5, 5.41) is 3.55. The maximum Gasteiger partial charge on any atom is 0.0779 e. The molecular weight excluding hydrogens is 258 g/mol. The molecule has 1 aromatic carbocycles. The third kappa shape index (κ3) is 2.04. The number of nitrogens with two attached hydrogens (primary N) is 1. The Labute approximate surface area is 125 Å². The summed E-state index contributed by atoms with van der Waals surface area (Å²) < 4.78 is 0. The molecule has 0 spiro atoms. The molecular formula is C18H21N3. The van der Waals surface area contributed by atoms with Gasteiger partial charge in [-0.1, -0.05) is 36.4 Å². The van der Waals surface area contributed by atoms with Crippen molar-refractivity contribution in [1.29, 1.82) is 0 Å². The molecule has 1 aliphatic carbocycles. The van der Waals surface area contributed by atoms with Crippen LogP contribution in [0.3, 0.4) is 0 Å². The van der Waals surface area contributed by atoms with Gasteiger partial charge in [-0.15, -0.1) is 0 Å². The first kappa shape index (κ1) is 12.9. The monoisotopic (exact) mass is 279 g/mol. The maximum absolute atomic E-state index is 6.42. The van der Waals surface area contributed by atoms with Crippen LogP contribution in [0, 0.1) is 0 Å². The minimum Gasteiger partial charge on any atom is -0.334 e. The molecule has 21 heavy (non-hydrogen) atoms. The quantitative estimate of drug-likeness (QED) is 0.829. The first-order valence-corrected chi connectivity index (χ1v) is 7.77. The van der Waals surface area contributed by atoms with Gasteiger partial charge in [0.25, 0.3) is 0 Å². The lowest BCUT2D eigenvalue weighted by molar-refractivity contribution is 0.629. The van der Waals surface area contributed by atoms with Crippen LogP contribution in [0.5, 0.6) is 0 Å². The molecule has 3 aliphatic rings. The van der Waals surface area contributed by atoms with Gasteiger partial charge in [-0.3, -0.25) is 0 Å². The van der Waals surface area contributed by atoms with Gasteiger partial charge in [0.1, 0.15) is 0 Å². The van der Waals surface area contributed by atoms with Crippen molar-refractivity contribution in [3.63, 3.8) is 0 Å². The van der Waals surface area contributed by atoms with E-state index in [2.05, 4.69) is 58.8 Å². The molecule has 3 N–H and O–H groups in total. The molecule has 0 bridgehead atoms. The first-order chi connectivity index (χ1) is 10.4. The van der Waals surface area contributed by atoms with E-state index in [0.717, 1.165) is 19.5 Å². The third-order valence-corrected chi connectivity index (χ3v) is 4.67. The van der Waals surface area contributed by atoms with Crippen molar-refractivity contribution >= 4 is 5.69 Å². The van der Waals surface area contributed by atoms with E-state index in [0.29, 0.717) is 0 Å². The predicted molar refractivity (Wildman–Crippen MR) is 87.0 cm³/mol. The minimum atomic E-state index is 0.0529. The van der Waals surface area contributed by atoms with Gasteiger partial charge >= 0.3 is 0 Å². The topological polar surface area (TPSA) is 41.3 Å². The highest BCUT2D eigenvalue weighted by atomic mass is 15.2. The molecule has 2 heterocycles. The SMILES string of the molecule is NC1C=CC=C2C3=C(CNCCC3)N(c3ccccc3)C21. The zero-order valence-corrected chi connectivity index (χ0v) is 12.1. The van der Waals surface area contributed by atoms with E-state index < -0.39 is 0 Å². The Morgan fingerprint density at radius 3 is 2.90 bits per heavy atom. The van der Waals surface area contributed by atoms with Crippen molar-refractivity contribution in [2.45, 2.75) is 24.9 Å². The average Bonchev–Trinajstić information content (AvgIpc) is 2.68. The lowest BCUT2D eigenvalue weighted by Crippen LogP contribution is -2.46. The fourth-order valence-corrected chi connectivity index (χ4v) is 3.75. The van der Waals surface area contributed by atoms with Crippen LogP contribution >= 0.6 is 0 Å². The highest BCUT2D eigenvalue weighted by Crippen LogP contribution is 2.42. The summed E-state index contributed by atoms with van der Waals surface area (Å²) in [6.07, 6.45) is 8.84. The van der Waals surface area contributed by atoms with Gasteiger partial charge < -0.3 is 16.0 Å². The van der Waals surface area contributed by atoms with Crippen molar-refractivity contribution in [3.8, 4) is 0 Å². The van der Waals surface area contributed by atoms with Gasteiger partial charge in [0.15, 0.2) is 0 Å². The van der Waals surface area contributed by atoms with Crippen LogP contribution in [0.4, 0.5) is 5.69 Å². The molecule has 0 radical (unpaired) electrons. The van der Waals surface area contributed by atoms with E-state index in [1.54, 1.807) is 0 Å². The Morgan fingerprint density at radius 2 is 2.05 bits per heavy atom. The van der Waals surface area contributed by atoms with Gasteiger partial charge in [0.2, 0.25) is 0 Å². The number of allylic oxidation sites excluding steroid dienone is 2. The lowest BCUT2D eigenvalue weighted by atomic mass is 9.90. The molecule has 2 aliphatic heterocycles. The largest absolute Gasteiger partial charge is 0.334 e. The minimum absolute atomic E-state index is 0.0529. The van der Waals surface area contributed by atoms with Crippen LogP contribution in [-0.4, -0.2) is 25.2 Å². The van der Waals surface area contributed by atoms with E-state index in [1.165, 1.54) is 29.0 Å². The Hall–Kier alpha value is -1.84. The molecule has 0 amide bonds. The Kier molecular flexibility index (Phi) is 3.17. The van der Waals surface area contributed by atoms with Gasteiger partial charge in [0.05, 0.1) is 6.04 Å². The number of nitrogens with one attached hydrogen (secondary N) is 1. The predicted octanol–water partition coefficient (Wildman–Crippen LogP) is 2.34. The highest BCUT2D eigenvalue weighted by Gasteiger charge is 2.40. The fraction of sp³-hybridized carbons (Fsp3) is 0.333. The molecule has 0 saturated heterocycles. The number of para-hydroxylation sites is 1. The van der Waals surface area contributed by atoms with Crippen LogP contribution in [0.1, 0.15) is 12.8 Å². The van der Waals surface area contributed by atoms with Crippen LogP contribution in [-0.2, 0) is 0 Å². The second-order valence-corrected chi connectivity index (χ2v) is 5.94. The standard InChI is InChI=1S/C18H21N3/c19-16-10-4-8-15-14-9-5-11-20-12-17(14)21(18(15)16)13-6-2-1-3-7-13/h1-4,6-8,10,16,18,20H,5,9,11-12,19H2. The number of benzene rings is 1. The molecule has 0 saturated carbocycles. The maximum atomic E-state index is 6.42. The average molecular weight is 279 g/mol. The molecule has 0 aromatic heterocycles.